The summed E-state index contributed by atoms with van der Waals surface area (Å²) >= 11 is 0. The summed E-state index contributed by atoms with van der Waals surface area (Å²) in [5.74, 6) is 0.731. The van der Waals surface area contributed by atoms with E-state index in [1.54, 1.807) is 11.1 Å². The number of hydrogen-bond donors (Lipinski definition) is 0. The number of allylic oxidation sites excluding steroid dienone is 5. The van der Waals surface area contributed by atoms with Crippen molar-refractivity contribution in [2.75, 3.05) is 0 Å². The Kier molecular flexibility index (Phi) is 13.1. The summed E-state index contributed by atoms with van der Waals surface area (Å²) in [6, 6.07) is 6.85. The van der Waals surface area contributed by atoms with Crippen LogP contribution in [0.1, 0.15) is 130 Å². The van der Waals surface area contributed by atoms with Crippen molar-refractivity contribution in [3.05, 3.63) is 64.3 Å². The smallest absolute Gasteiger partial charge is 0.0147 e. The number of fused-ring (bicyclic) bond motifs is 1. The highest BCUT2D eigenvalue weighted by atomic mass is 14.3. The Labute approximate surface area is 207 Å². The molecule has 2 aliphatic carbocycles. The van der Waals surface area contributed by atoms with Crippen molar-refractivity contribution in [2.24, 2.45) is 11.3 Å². The van der Waals surface area contributed by atoms with Gasteiger partial charge in [0, 0.05) is 0 Å². The molecule has 0 N–H and O–H groups in total. The maximum absolute atomic E-state index is 4.33. The van der Waals surface area contributed by atoms with E-state index >= 15 is 0 Å². The van der Waals surface area contributed by atoms with Crippen LogP contribution >= 0.6 is 0 Å². The van der Waals surface area contributed by atoms with Crippen molar-refractivity contribution in [3.63, 3.8) is 0 Å². The van der Waals surface area contributed by atoms with Crippen molar-refractivity contribution >= 4 is 5.57 Å². The van der Waals surface area contributed by atoms with Gasteiger partial charge in [0.1, 0.15) is 0 Å². The van der Waals surface area contributed by atoms with Gasteiger partial charge in [-0.25, -0.2) is 0 Å². The zero-order valence-electron chi connectivity index (χ0n) is 23.7. The highest BCUT2D eigenvalue weighted by Crippen LogP contribution is 2.38. The van der Waals surface area contributed by atoms with Gasteiger partial charge in [-0.15, -0.1) is 0 Å². The van der Waals surface area contributed by atoms with Gasteiger partial charge < -0.3 is 0 Å². The van der Waals surface area contributed by atoms with Crippen LogP contribution in [0, 0.1) is 11.3 Å². The van der Waals surface area contributed by atoms with E-state index < -0.39 is 0 Å². The third-order valence-corrected chi connectivity index (χ3v) is 7.22. The predicted molar refractivity (Wildman–Crippen MR) is 152 cm³/mol. The van der Waals surface area contributed by atoms with Crippen LogP contribution in [0.4, 0.5) is 0 Å². The first kappa shape index (κ1) is 29.5. The average Bonchev–Trinajstić information content (AvgIpc) is 3.17. The molecule has 33 heavy (non-hydrogen) atoms. The Morgan fingerprint density at radius 2 is 1.64 bits per heavy atom. The molecule has 0 nitrogen and oxygen atoms in total. The van der Waals surface area contributed by atoms with Gasteiger partial charge in [0.2, 0.25) is 0 Å². The molecule has 1 fully saturated rings. The number of hydrogen-bond acceptors (Lipinski definition) is 0. The molecule has 0 heterocycles. The van der Waals surface area contributed by atoms with Crippen molar-refractivity contribution in [1.29, 1.82) is 0 Å². The summed E-state index contributed by atoms with van der Waals surface area (Å²) in [6.45, 7) is 24.5. The maximum atomic E-state index is 4.33. The van der Waals surface area contributed by atoms with Gasteiger partial charge in [-0.05, 0) is 98.5 Å². The van der Waals surface area contributed by atoms with E-state index in [4.69, 9.17) is 0 Å². The number of aryl methyl sites for hydroxylation is 1. The molecule has 0 atom stereocenters. The molecule has 1 aromatic carbocycles. The molecule has 0 radical (unpaired) electrons. The Morgan fingerprint density at radius 1 is 1.00 bits per heavy atom. The summed E-state index contributed by atoms with van der Waals surface area (Å²) in [4.78, 5) is 0. The predicted octanol–water partition coefficient (Wildman–Crippen LogP) is 10.9. The largest absolute Gasteiger partial charge is 0.0955 e. The van der Waals surface area contributed by atoms with E-state index in [1.165, 1.54) is 92.1 Å². The van der Waals surface area contributed by atoms with Gasteiger partial charge in [-0.1, -0.05) is 109 Å². The van der Waals surface area contributed by atoms with Gasteiger partial charge in [-0.2, -0.15) is 0 Å². The Hall–Kier alpha value is -1.56. The first-order valence-electron chi connectivity index (χ1n) is 13.8. The maximum Gasteiger partial charge on any atom is -0.0147 e. The minimum atomic E-state index is 0.592. The van der Waals surface area contributed by atoms with Crippen molar-refractivity contribution in [2.45, 2.75) is 127 Å². The molecule has 0 aliphatic heterocycles. The normalized spacial score (nSPS) is 15.4. The lowest BCUT2D eigenvalue weighted by molar-refractivity contribution is 0.319. The fourth-order valence-corrected chi connectivity index (χ4v) is 4.83. The third-order valence-electron chi connectivity index (χ3n) is 7.22. The molecule has 186 valence electrons. The minimum absolute atomic E-state index is 0.592. The quantitative estimate of drug-likeness (QED) is 0.362. The molecule has 2 aliphatic rings. The molecule has 3 rings (SSSR count). The van der Waals surface area contributed by atoms with Gasteiger partial charge in [0.15, 0.2) is 0 Å². The Morgan fingerprint density at radius 3 is 2.09 bits per heavy atom. The molecule has 1 aromatic rings. The van der Waals surface area contributed by atoms with E-state index in [9.17, 15) is 0 Å². The highest BCUT2D eigenvalue weighted by molar-refractivity contribution is 5.83. The Balaban J connectivity index is 0.000000417. The van der Waals surface area contributed by atoms with Crippen LogP contribution in [-0.2, 0) is 12.8 Å². The van der Waals surface area contributed by atoms with Crippen LogP contribution in [0.5, 0.6) is 0 Å². The van der Waals surface area contributed by atoms with E-state index in [-0.39, 0.29) is 0 Å². The molecule has 0 aromatic heterocycles. The Bertz CT molecular complexity index is 791. The van der Waals surface area contributed by atoms with Gasteiger partial charge in [0.05, 0.1) is 0 Å². The standard InChI is InChI=1S/C22H28.C8H18.C3H8/c1-15(2)22(17(4)14-16(3)18-8-5-9-18)21-13-7-11-19-10-6-12-20(19)21;1-5-7-8(3,4)6-2;1-3-2/h7,11,13-14,18H,3,5-6,8-10,12H2,1-2,4H3;5-7H2,1-4H3;3H2,1-2H3/b17-14-;;. The SMILES string of the molecule is C=C(/C=C(/C)C(=C(C)C)c1cccc2c1CCC2)C1CCC1.CCC.CCCC(C)(C)CC. The van der Waals surface area contributed by atoms with Gasteiger partial charge >= 0.3 is 0 Å². The van der Waals surface area contributed by atoms with Crippen LogP contribution in [0.2, 0.25) is 0 Å². The van der Waals surface area contributed by atoms with Crippen LogP contribution in [0.3, 0.4) is 0 Å². The molecule has 0 spiro atoms. The second-order valence-electron chi connectivity index (χ2n) is 11.2. The fourth-order valence-electron chi connectivity index (χ4n) is 4.83. The minimum Gasteiger partial charge on any atom is -0.0955 e. The lowest BCUT2D eigenvalue weighted by atomic mass is 9.79. The summed E-state index contributed by atoms with van der Waals surface area (Å²) < 4.78 is 0. The molecule has 0 amide bonds. The van der Waals surface area contributed by atoms with Crippen LogP contribution in [0.25, 0.3) is 5.57 Å². The second-order valence-corrected chi connectivity index (χ2v) is 11.2. The van der Waals surface area contributed by atoms with E-state index in [0.717, 1.165) is 5.92 Å². The van der Waals surface area contributed by atoms with Crippen LogP contribution < -0.4 is 0 Å². The van der Waals surface area contributed by atoms with Crippen molar-refractivity contribution < 1.29 is 0 Å². The fraction of sp³-hybridized carbons (Fsp3) is 0.636. The first-order valence-corrected chi connectivity index (χ1v) is 13.8. The van der Waals surface area contributed by atoms with E-state index in [1.807, 2.05) is 0 Å². The van der Waals surface area contributed by atoms with Crippen LogP contribution in [-0.4, -0.2) is 0 Å². The zero-order chi connectivity index (χ0) is 25.0. The zero-order valence-corrected chi connectivity index (χ0v) is 23.7. The second kappa shape index (κ2) is 14.6. The lowest BCUT2D eigenvalue weighted by Crippen LogP contribution is -2.12. The van der Waals surface area contributed by atoms with E-state index in [0.29, 0.717) is 5.41 Å². The van der Waals surface area contributed by atoms with Gasteiger partial charge in [-0.3, -0.25) is 0 Å². The molecule has 1 saturated carbocycles. The van der Waals surface area contributed by atoms with Crippen LogP contribution in [0.15, 0.2) is 47.6 Å². The molecular weight excluding hydrogens is 396 g/mol. The summed E-state index contributed by atoms with van der Waals surface area (Å²) in [6.07, 6.45) is 15.4. The third kappa shape index (κ3) is 9.30. The summed E-state index contributed by atoms with van der Waals surface area (Å²) in [5.41, 5.74) is 10.8. The monoisotopic (exact) mass is 450 g/mol. The summed E-state index contributed by atoms with van der Waals surface area (Å²) in [7, 11) is 0. The molecule has 0 unspecified atom stereocenters. The van der Waals surface area contributed by atoms with E-state index in [2.05, 4.69) is 93.2 Å². The first-order chi connectivity index (χ1) is 15.6. The molecule has 0 bridgehead atoms. The molecular formula is C33H54. The number of rotatable bonds is 7. The summed E-state index contributed by atoms with van der Waals surface area (Å²) in [5, 5.41) is 0. The average molecular weight is 451 g/mol. The molecule has 0 heteroatoms. The topological polar surface area (TPSA) is 0 Å². The highest BCUT2D eigenvalue weighted by Gasteiger charge is 2.21. The lowest BCUT2D eigenvalue weighted by Gasteiger charge is -2.26. The number of benzene rings is 1. The van der Waals surface area contributed by atoms with Gasteiger partial charge in [0.25, 0.3) is 0 Å². The van der Waals surface area contributed by atoms with Crippen molar-refractivity contribution in [3.8, 4) is 0 Å². The van der Waals surface area contributed by atoms with Crippen molar-refractivity contribution in [1.82, 2.24) is 0 Å². The molecule has 0 saturated heterocycles.